The molecule has 5 nitrogen and oxygen atoms in total. The largest absolute Gasteiger partial charge is 0.481 e. The zero-order valence-corrected chi connectivity index (χ0v) is 8.92. The van der Waals surface area contributed by atoms with Crippen LogP contribution in [0.25, 0.3) is 5.69 Å². The molecule has 0 radical (unpaired) electrons. The van der Waals surface area contributed by atoms with Gasteiger partial charge in [-0.1, -0.05) is 17.7 Å². The summed E-state index contributed by atoms with van der Waals surface area (Å²) in [6, 6.07) is 5.04. The van der Waals surface area contributed by atoms with E-state index in [-0.39, 0.29) is 6.42 Å². The molecule has 6 heteroatoms. The molecule has 2 rings (SSSR count). The van der Waals surface area contributed by atoms with Gasteiger partial charge in [-0.25, -0.2) is 9.67 Å². The van der Waals surface area contributed by atoms with E-state index in [1.807, 2.05) is 0 Å². The van der Waals surface area contributed by atoms with E-state index in [1.54, 1.807) is 18.2 Å². The molecular formula is C10H8ClN3O2. The van der Waals surface area contributed by atoms with Crippen molar-refractivity contribution in [1.82, 2.24) is 14.8 Å². The van der Waals surface area contributed by atoms with Gasteiger partial charge < -0.3 is 5.11 Å². The predicted octanol–water partition coefficient (Wildman–Crippen LogP) is 1.55. The van der Waals surface area contributed by atoms with Crippen LogP contribution in [-0.4, -0.2) is 25.8 Å². The van der Waals surface area contributed by atoms with Crippen molar-refractivity contribution in [3.05, 3.63) is 41.4 Å². The summed E-state index contributed by atoms with van der Waals surface area (Å²) in [5.41, 5.74) is 1.33. The molecule has 0 saturated carbocycles. The van der Waals surface area contributed by atoms with Crippen LogP contribution in [0.2, 0.25) is 5.02 Å². The molecule has 1 N–H and O–H groups in total. The lowest BCUT2D eigenvalue weighted by Crippen LogP contribution is -2.01. The van der Waals surface area contributed by atoms with Crippen molar-refractivity contribution in [3.8, 4) is 5.69 Å². The van der Waals surface area contributed by atoms with E-state index in [9.17, 15) is 4.79 Å². The minimum absolute atomic E-state index is 0.0443. The number of halogens is 1. The molecule has 1 aromatic carbocycles. The van der Waals surface area contributed by atoms with Gasteiger partial charge in [-0.3, -0.25) is 4.79 Å². The number of rotatable bonds is 3. The second-order valence-corrected chi connectivity index (χ2v) is 3.60. The van der Waals surface area contributed by atoms with Gasteiger partial charge in [0.1, 0.15) is 12.7 Å². The Bertz CT molecular complexity index is 511. The van der Waals surface area contributed by atoms with Gasteiger partial charge in [-0.15, -0.1) is 0 Å². The third-order valence-corrected chi connectivity index (χ3v) is 2.34. The normalized spacial score (nSPS) is 10.3. The molecule has 0 amide bonds. The fourth-order valence-electron chi connectivity index (χ4n) is 1.35. The van der Waals surface area contributed by atoms with E-state index in [1.165, 1.54) is 17.3 Å². The summed E-state index contributed by atoms with van der Waals surface area (Å²) >= 11 is 6.02. The average molecular weight is 238 g/mol. The quantitative estimate of drug-likeness (QED) is 0.880. The summed E-state index contributed by atoms with van der Waals surface area (Å²) in [6.07, 6.45) is 2.89. The Balaban J connectivity index is 2.34. The highest BCUT2D eigenvalue weighted by Gasteiger charge is 2.06. The van der Waals surface area contributed by atoms with Crippen LogP contribution < -0.4 is 0 Å². The van der Waals surface area contributed by atoms with Gasteiger partial charge in [0, 0.05) is 0 Å². The van der Waals surface area contributed by atoms with E-state index >= 15 is 0 Å². The van der Waals surface area contributed by atoms with Crippen LogP contribution in [0.15, 0.2) is 30.9 Å². The van der Waals surface area contributed by atoms with Gasteiger partial charge in [-0.2, -0.15) is 5.10 Å². The maximum Gasteiger partial charge on any atom is 0.307 e. The number of carboxylic acid groups (broad SMARTS) is 1. The highest BCUT2D eigenvalue weighted by atomic mass is 35.5. The molecule has 16 heavy (non-hydrogen) atoms. The van der Waals surface area contributed by atoms with Crippen LogP contribution in [-0.2, 0) is 11.2 Å². The minimum atomic E-state index is -0.885. The first-order chi connectivity index (χ1) is 7.66. The third kappa shape index (κ3) is 2.20. The number of carbonyl (C=O) groups is 1. The molecule has 0 atom stereocenters. The molecule has 82 valence electrons. The zero-order valence-electron chi connectivity index (χ0n) is 8.17. The highest BCUT2D eigenvalue weighted by molar-refractivity contribution is 6.32. The summed E-state index contributed by atoms with van der Waals surface area (Å²) in [7, 11) is 0. The number of nitrogens with zero attached hydrogens (tertiary/aromatic N) is 3. The Hall–Kier alpha value is -1.88. The van der Waals surface area contributed by atoms with Crippen molar-refractivity contribution in [2.75, 3.05) is 0 Å². The summed E-state index contributed by atoms with van der Waals surface area (Å²) < 4.78 is 1.52. The molecule has 2 aromatic rings. The highest BCUT2D eigenvalue weighted by Crippen LogP contribution is 2.21. The number of benzene rings is 1. The van der Waals surface area contributed by atoms with Crippen molar-refractivity contribution >= 4 is 17.6 Å². The predicted molar refractivity (Wildman–Crippen MR) is 57.7 cm³/mol. The van der Waals surface area contributed by atoms with E-state index in [4.69, 9.17) is 16.7 Å². The first kappa shape index (κ1) is 10.6. The minimum Gasteiger partial charge on any atom is -0.481 e. The molecule has 0 fully saturated rings. The van der Waals surface area contributed by atoms with E-state index in [0.717, 1.165) is 0 Å². The van der Waals surface area contributed by atoms with E-state index in [2.05, 4.69) is 10.1 Å². The van der Waals surface area contributed by atoms with Gasteiger partial charge in [-0.05, 0) is 17.7 Å². The molecule has 0 aliphatic rings. The molecule has 1 heterocycles. The Kier molecular flexibility index (Phi) is 2.87. The standard InChI is InChI=1S/C10H8ClN3O2/c11-8-3-7(4-10(15)16)1-2-9(8)14-6-12-5-13-14/h1-3,5-6H,4H2,(H,15,16). The van der Waals surface area contributed by atoms with Crippen LogP contribution in [0.4, 0.5) is 0 Å². The number of carboxylic acids is 1. The lowest BCUT2D eigenvalue weighted by Gasteiger charge is -2.05. The Morgan fingerprint density at radius 3 is 2.88 bits per heavy atom. The van der Waals surface area contributed by atoms with E-state index < -0.39 is 5.97 Å². The van der Waals surface area contributed by atoms with Gasteiger partial charge in [0.2, 0.25) is 0 Å². The van der Waals surface area contributed by atoms with Crippen molar-refractivity contribution < 1.29 is 9.90 Å². The molecule has 0 spiro atoms. The molecule has 0 saturated heterocycles. The molecule has 1 aromatic heterocycles. The first-order valence-corrected chi connectivity index (χ1v) is 4.90. The van der Waals surface area contributed by atoms with Gasteiger partial charge in [0.05, 0.1) is 17.1 Å². The number of hydrogen-bond acceptors (Lipinski definition) is 3. The topological polar surface area (TPSA) is 68.0 Å². The lowest BCUT2D eigenvalue weighted by molar-refractivity contribution is -0.136. The first-order valence-electron chi connectivity index (χ1n) is 4.52. The second kappa shape index (κ2) is 4.32. The lowest BCUT2D eigenvalue weighted by atomic mass is 10.1. The second-order valence-electron chi connectivity index (χ2n) is 3.20. The van der Waals surface area contributed by atoms with Crippen LogP contribution in [0.5, 0.6) is 0 Å². The summed E-state index contributed by atoms with van der Waals surface area (Å²) in [6.45, 7) is 0. The number of hydrogen-bond donors (Lipinski definition) is 1. The zero-order chi connectivity index (χ0) is 11.5. The van der Waals surface area contributed by atoms with Crippen LogP contribution in [0.1, 0.15) is 5.56 Å². The van der Waals surface area contributed by atoms with Crippen molar-refractivity contribution in [1.29, 1.82) is 0 Å². The summed E-state index contributed by atoms with van der Waals surface area (Å²) in [5, 5.41) is 13.0. The van der Waals surface area contributed by atoms with Crippen LogP contribution in [0.3, 0.4) is 0 Å². The smallest absolute Gasteiger partial charge is 0.307 e. The summed E-state index contributed by atoms with van der Waals surface area (Å²) in [4.78, 5) is 14.3. The molecule has 0 unspecified atom stereocenters. The SMILES string of the molecule is O=C(O)Cc1ccc(-n2cncn2)c(Cl)c1. The van der Waals surface area contributed by atoms with Crippen LogP contribution >= 0.6 is 11.6 Å². The maximum atomic E-state index is 10.5. The molecule has 0 bridgehead atoms. The monoisotopic (exact) mass is 237 g/mol. The summed E-state index contributed by atoms with van der Waals surface area (Å²) in [5.74, 6) is -0.885. The maximum absolute atomic E-state index is 10.5. The number of aromatic nitrogens is 3. The Morgan fingerprint density at radius 2 is 2.31 bits per heavy atom. The Morgan fingerprint density at radius 1 is 1.50 bits per heavy atom. The molecule has 0 aliphatic heterocycles. The fraction of sp³-hybridized carbons (Fsp3) is 0.100. The van der Waals surface area contributed by atoms with Crippen molar-refractivity contribution in [2.24, 2.45) is 0 Å². The van der Waals surface area contributed by atoms with Crippen molar-refractivity contribution in [2.45, 2.75) is 6.42 Å². The van der Waals surface area contributed by atoms with E-state index in [0.29, 0.717) is 16.3 Å². The Labute approximate surface area is 96.3 Å². The third-order valence-electron chi connectivity index (χ3n) is 2.03. The molecular weight excluding hydrogens is 230 g/mol. The van der Waals surface area contributed by atoms with Gasteiger partial charge in [0.25, 0.3) is 0 Å². The van der Waals surface area contributed by atoms with Gasteiger partial charge in [0.15, 0.2) is 0 Å². The van der Waals surface area contributed by atoms with Crippen molar-refractivity contribution in [3.63, 3.8) is 0 Å². The number of aliphatic carboxylic acids is 1. The average Bonchev–Trinajstić information content (AvgIpc) is 2.69. The fourth-order valence-corrected chi connectivity index (χ4v) is 1.64. The molecule has 0 aliphatic carbocycles. The van der Waals surface area contributed by atoms with Gasteiger partial charge >= 0.3 is 5.97 Å². The van der Waals surface area contributed by atoms with Crippen LogP contribution in [0, 0.1) is 0 Å².